The third-order valence-electron chi connectivity index (χ3n) is 3.24. The van der Waals surface area contributed by atoms with Gasteiger partial charge in [0.05, 0.1) is 0 Å². The zero-order valence-electron chi connectivity index (χ0n) is 14.0. The molecule has 0 heterocycles. The number of benzene rings is 2. The van der Waals surface area contributed by atoms with Crippen molar-refractivity contribution < 1.29 is 19.1 Å². The van der Waals surface area contributed by atoms with Crippen molar-refractivity contribution in [3.8, 4) is 0 Å². The molecule has 0 aliphatic carbocycles. The van der Waals surface area contributed by atoms with E-state index >= 15 is 0 Å². The van der Waals surface area contributed by atoms with Crippen LogP contribution in [0.2, 0.25) is 0 Å². The maximum Gasteiger partial charge on any atom is 0.325 e. The number of thioether (sulfide) groups is 1. The lowest BCUT2D eigenvalue weighted by Crippen LogP contribution is -2.32. The summed E-state index contributed by atoms with van der Waals surface area (Å²) in [4.78, 5) is 36.4. The number of nitrogens with one attached hydrogen (secondary N) is 2. The van der Waals surface area contributed by atoms with Gasteiger partial charge in [-0.05, 0) is 54.8 Å². The number of hydrogen-bond donors (Lipinski definition) is 2. The minimum absolute atomic E-state index is 0.315. The average Bonchev–Trinajstić information content (AvgIpc) is 2.65. The van der Waals surface area contributed by atoms with Crippen molar-refractivity contribution in [2.24, 2.45) is 0 Å². The van der Waals surface area contributed by atoms with Crippen LogP contribution in [0.5, 0.6) is 0 Å². The molecule has 0 bridgehead atoms. The van der Waals surface area contributed by atoms with Crippen LogP contribution in [-0.4, -0.2) is 37.2 Å². The standard InChI is InChI=1S/C18H17BrN2O4S/c1-26-15-8-6-14(7-9-15)21-16(22)11-25-17(23)10-20-18(24)12-2-4-13(19)5-3-12/h2-9H,10-11H2,1H3,(H,20,24)(H,21,22). The monoisotopic (exact) mass is 436 g/mol. The van der Waals surface area contributed by atoms with Crippen LogP contribution in [0.1, 0.15) is 10.4 Å². The first-order valence-electron chi connectivity index (χ1n) is 7.61. The highest BCUT2D eigenvalue weighted by Crippen LogP contribution is 2.17. The van der Waals surface area contributed by atoms with Gasteiger partial charge >= 0.3 is 5.97 Å². The number of halogens is 1. The molecule has 0 fully saturated rings. The molecule has 2 aromatic carbocycles. The third-order valence-corrected chi connectivity index (χ3v) is 4.51. The Kier molecular flexibility index (Phi) is 7.68. The Morgan fingerprint density at radius 3 is 2.31 bits per heavy atom. The molecule has 0 aliphatic heterocycles. The minimum Gasteiger partial charge on any atom is -0.454 e. The van der Waals surface area contributed by atoms with Crippen LogP contribution in [-0.2, 0) is 14.3 Å². The van der Waals surface area contributed by atoms with E-state index in [4.69, 9.17) is 4.74 Å². The van der Waals surface area contributed by atoms with Crippen LogP contribution < -0.4 is 10.6 Å². The second-order valence-corrected chi connectivity index (χ2v) is 6.92. The quantitative estimate of drug-likeness (QED) is 0.514. The Hall–Kier alpha value is -2.32. The Balaban J connectivity index is 1.71. The Labute approximate surface area is 163 Å². The van der Waals surface area contributed by atoms with Crippen LogP contribution >= 0.6 is 27.7 Å². The molecular weight excluding hydrogens is 420 g/mol. The summed E-state index contributed by atoms with van der Waals surface area (Å²) in [5, 5.41) is 5.07. The van der Waals surface area contributed by atoms with E-state index in [2.05, 4.69) is 26.6 Å². The molecule has 0 radical (unpaired) electrons. The highest BCUT2D eigenvalue weighted by atomic mass is 79.9. The second kappa shape index (κ2) is 9.98. The van der Waals surface area contributed by atoms with Crippen molar-refractivity contribution in [3.05, 3.63) is 58.6 Å². The highest BCUT2D eigenvalue weighted by molar-refractivity contribution is 9.10. The minimum atomic E-state index is -0.691. The molecule has 0 aliphatic rings. The zero-order valence-corrected chi connectivity index (χ0v) is 16.4. The van der Waals surface area contributed by atoms with E-state index in [9.17, 15) is 14.4 Å². The molecule has 2 amide bonds. The molecule has 2 N–H and O–H groups in total. The van der Waals surface area contributed by atoms with Crippen LogP contribution in [0.3, 0.4) is 0 Å². The molecule has 26 heavy (non-hydrogen) atoms. The average molecular weight is 437 g/mol. The Morgan fingerprint density at radius 1 is 1.04 bits per heavy atom. The van der Waals surface area contributed by atoms with Crippen molar-refractivity contribution in [2.75, 3.05) is 24.7 Å². The predicted octanol–water partition coefficient (Wildman–Crippen LogP) is 3.08. The van der Waals surface area contributed by atoms with E-state index in [1.807, 2.05) is 18.4 Å². The second-order valence-electron chi connectivity index (χ2n) is 5.13. The molecule has 0 saturated carbocycles. The number of carbonyl (C=O) groups is 3. The number of carbonyl (C=O) groups excluding carboxylic acids is 3. The van der Waals surface area contributed by atoms with E-state index in [0.29, 0.717) is 11.3 Å². The van der Waals surface area contributed by atoms with Crippen molar-refractivity contribution >= 4 is 51.2 Å². The zero-order chi connectivity index (χ0) is 18.9. The number of anilines is 1. The summed E-state index contributed by atoms with van der Waals surface area (Å²) >= 11 is 4.88. The number of rotatable bonds is 7. The van der Waals surface area contributed by atoms with Crippen molar-refractivity contribution in [2.45, 2.75) is 4.90 Å². The van der Waals surface area contributed by atoms with Gasteiger partial charge in [0.15, 0.2) is 6.61 Å². The Bertz CT molecular complexity index is 779. The van der Waals surface area contributed by atoms with Gasteiger partial charge in [-0.2, -0.15) is 0 Å². The number of ether oxygens (including phenoxy) is 1. The van der Waals surface area contributed by atoms with Crippen molar-refractivity contribution in [3.63, 3.8) is 0 Å². The molecule has 136 valence electrons. The smallest absolute Gasteiger partial charge is 0.325 e. The molecule has 0 saturated heterocycles. The van der Waals surface area contributed by atoms with Gasteiger partial charge < -0.3 is 15.4 Å². The SMILES string of the molecule is CSc1ccc(NC(=O)COC(=O)CNC(=O)c2ccc(Br)cc2)cc1. The van der Waals surface area contributed by atoms with Gasteiger partial charge in [-0.3, -0.25) is 14.4 Å². The summed E-state index contributed by atoms with van der Waals surface area (Å²) in [5.41, 5.74) is 1.04. The van der Waals surface area contributed by atoms with Gasteiger partial charge in [0.2, 0.25) is 0 Å². The summed E-state index contributed by atoms with van der Waals surface area (Å²) in [6.07, 6.45) is 1.96. The molecule has 2 rings (SSSR count). The number of amides is 2. The summed E-state index contributed by atoms with van der Waals surface area (Å²) in [6.45, 7) is -0.734. The van der Waals surface area contributed by atoms with Gasteiger partial charge in [-0.25, -0.2) is 0 Å². The highest BCUT2D eigenvalue weighted by Gasteiger charge is 2.11. The van der Waals surface area contributed by atoms with Gasteiger partial charge in [0.25, 0.3) is 11.8 Å². The summed E-state index contributed by atoms with van der Waals surface area (Å²) < 4.78 is 5.70. The lowest BCUT2D eigenvalue weighted by Gasteiger charge is -2.08. The third kappa shape index (κ3) is 6.53. The fourth-order valence-electron chi connectivity index (χ4n) is 1.92. The molecule has 0 atom stereocenters. The van der Waals surface area contributed by atoms with Crippen molar-refractivity contribution in [1.82, 2.24) is 5.32 Å². The lowest BCUT2D eigenvalue weighted by atomic mass is 10.2. The van der Waals surface area contributed by atoms with E-state index < -0.39 is 24.4 Å². The molecule has 6 nitrogen and oxygen atoms in total. The summed E-state index contributed by atoms with van der Waals surface area (Å²) in [6, 6.07) is 14.0. The maximum absolute atomic E-state index is 11.9. The van der Waals surface area contributed by atoms with Gasteiger partial charge in [0, 0.05) is 20.6 Å². The van der Waals surface area contributed by atoms with Crippen LogP contribution in [0.15, 0.2) is 57.9 Å². The largest absolute Gasteiger partial charge is 0.454 e. The fraction of sp³-hybridized carbons (Fsp3) is 0.167. The first-order valence-corrected chi connectivity index (χ1v) is 9.63. The molecule has 2 aromatic rings. The number of hydrogen-bond acceptors (Lipinski definition) is 5. The first kappa shape index (κ1) is 20.0. The van der Waals surface area contributed by atoms with Crippen LogP contribution in [0.4, 0.5) is 5.69 Å². The normalized spacial score (nSPS) is 10.1. The van der Waals surface area contributed by atoms with E-state index in [-0.39, 0.29) is 6.54 Å². The maximum atomic E-state index is 11.9. The van der Waals surface area contributed by atoms with Gasteiger partial charge in [-0.1, -0.05) is 15.9 Å². The lowest BCUT2D eigenvalue weighted by molar-refractivity contribution is -0.146. The molecule has 0 aromatic heterocycles. The number of esters is 1. The van der Waals surface area contributed by atoms with Crippen LogP contribution in [0, 0.1) is 0 Å². The first-order chi connectivity index (χ1) is 12.5. The van der Waals surface area contributed by atoms with E-state index in [1.165, 1.54) is 0 Å². The molecule has 0 unspecified atom stereocenters. The van der Waals surface area contributed by atoms with Crippen molar-refractivity contribution in [1.29, 1.82) is 0 Å². The molecule has 0 spiro atoms. The summed E-state index contributed by atoms with van der Waals surface area (Å²) in [5.74, 6) is -1.54. The predicted molar refractivity (Wildman–Crippen MR) is 104 cm³/mol. The Morgan fingerprint density at radius 2 is 1.69 bits per heavy atom. The van der Waals surface area contributed by atoms with E-state index in [0.717, 1.165) is 9.37 Å². The summed E-state index contributed by atoms with van der Waals surface area (Å²) in [7, 11) is 0. The van der Waals surface area contributed by atoms with Crippen LogP contribution in [0.25, 0.3) is 0 Å². The topological polar surface area (TPSA) is 84.5 Å². The van der Waals surface area contributed by atoms with Gasteiger partial charge in [-0.15, -0.1) is 11.8 Å². The fourth-order valence-corrected chi connectivity index (χ4v) is 2.60. The van der Waals surface area contributed by atoms with Gasteiger partial charge in [0.1, 0.15) is 6.54 Å². The van der Waals surface area contributed by atoms with E-state index in [1.54, 1.807) is 48.2 Å². The molecular formula is C18H17BrN2O4S. The molecule has 8 heteroatoms.